The number of hydrogen-bond acceptors (Lipinski definition) is 6. The molecule has 1 amide bonds. The lowest BCUT2D eigenvalue weighted by Crippen LogP contribution is -2.26. The maximum Gasteiger partial charge on any atom is 0.259 e. The van der Waals surface area contributed by atoms with Gasteiger partial charge in [0.15, 0.2) is 0 Å². The standard InChI is InChI=1S/C26H26N4O3/c1-17-24-21(15-22(28-26(24)33-29-17)18-9-11-20(32-2)12-10-18)25(31)27-16-19-7-3-4-8-23(19)30-13-5-6-14-30/h3-4,7-12,15H,5-6,13-14,16H2,1-2H3,(H,27,31). The number of benzene rings is 2. The van der Waals surface area contributed by atoms with Crippen LogP contribution in [-0.4, -0.2) is 36.2 Å². The minimum absolute atomic E-state index is 0.181. The number of anilines is 1. The second-order valence-corrected chi connectivity index (χ2v) is 8.24. The quantitative estimate of drug-likeness (QED) is 0.465. The van der Waals surface area contributed by atoms with Crippen molar-refractivity contribution in [1.29, 1.82) is 0 Å². The van der Waals surface area contributed by atoms with Gasteiger partial charge in [-0.3, -0.25) is 4.79 Å². The molecule has 0 radical (unpaired) electrons. The minimum atomic E-state index is -0.181. The van der Waals surface area contributed by atoms with E-state index < -0.39 is 0 Å². The molecule has 3 heterocycles. The number of methoxy groups -OCH3 is 1. The van der Waals surface area contributed by atoms with E-state index in [4.69, 9.17) is 9.26 Å². The summed E-state index contributed by atoms with van der Waals surface area (Å²) in [5.74, 6) is 0.574. The van der Waals surface area contributed by atoms with Gasteiger partial charge < -0.3 is 19.5 Å². The Hall–Kier alpha value is -3.87. The van der Waals surface area contributed by atoms with E-state index in [0.29, 0.717) is 34.6 Å². The number of pyridine rings is 1. The van der Waals surface area contributed by atoms with Gasteiger partial charge in [-0.15, -0.1) is 0 Å². The van der Waals surface area contributed by atoms with Gasteiger partial charge in [-0.1, -0.05) is 23.4 Å². The average Bonchev–Trinajstić information content (AvgIpc) is 3.53. The molecule has 33 heavy (non-hydrogen) atoms. The first-order chi connectivity index (χ1) is 16.1. The van der Waals surface area contributed by atoms with Gasteiger partial charge in [0.1, 0.15) is 5.75 Å². The van der Waals surface area contributed by atoms with Crippen molar-refractivity contribution in [2.45, 2.75) is 26.3 Å². The Bertz CT molecular complexity index is 1290. The predicted molar refractivity (Wildman–Crippen MR) is 128 cm³/mol. The molecule has 1 N–H and O–H groups in total. The SMILES string of the molecule is COc1ccc(-c2cc(C(=O)NCc3ccccc3N3CCCC3)c3c(C)noc3n2)cc1. The molecule has 0 saturated carbocycles. The third-order valence-electron chi connectivity index (χ3n) is 6.13. The van der Waals surface area contributed by atoms with Crippen LogP contribution in [0, 0.1) is 6.92 Å². The maximum absolute atomic E-state index is 13.4. The van der Waals surface area contributed by atoms with Gasteiger partial charge in [-0.25, -0.2) is 4.98 Å². The molecule has 2 aromatic carbocycles. The molecular formula is C26H26N4O3. The molecule has 1 aliphatic heterocycles. The Balaban J connectivity index is 1.45. The monoisotopic (exact) mass is 442 g/mol. The fourth-order valence-electron chi connectivity index (χ4n) is 4.38. The molecule has 1 fully saturated rings. The van der Waals surface area contributed by atoms with Crippen LogP contribution in [0.4, 0.5) is 5.69 Å². The summed E-state index contributed by atoms with van der Waals surface area (Å²) in [4.78, 5) is 20.3. The zero-order valence-electron chi connectivity index (χ0n) is 18.8. The van der Waals surface area contributed by atoms with Crippen molar-refractivity contribution in [2.24, 2.45) is 0 Å². The van der Waals surface area contributed by atoms with Gasteiger partial charge in [0.2, 0.25) is 0 Å². The maximum atomic E-state index is 13.4. The fraction of sp³-hybridized carbons (Fsp3) is 0.269. The number of ether oxygens (including phenoxy) is 1. The molecule has 0 unspecified atom stereocenters. The van der Waals surface area contributed by atoms with Crippen LogP contribution in [0.15, 0.2) is 59.1 Å². The molecule has 5 rings (SSSR count). The van der Waals surface area contributed by atoms with E-state index in [0.717, 1.165) is 30.0 Å². The van der Waals surface area contributed by atoms with Crippen LogP contribution >= 0.6 is 0 Å². The van der Waals surface area contributed by atoms with E-state index in [9.17, 15) is 4.79 Å². The second kappa shape index (κ2) is 8.94. The van der Waals surface area contributed by atoms with Crippen LogP contribution in [-0.2, 0) is 6.54 Å². The zero-order valence-corrected chi connectivity index (χ0v) is 18.8. The summed E-state index contributed by atoms with van der Waals surface area (Å²) < 4.78 is 10.7. The Kier molecular flexibility index (Phi) is 5.69. The van der Waals surface area contributed by atoms with Gasteiger partial charge in [-0.05, 0) is 61.7 Å². The van der Waals surface area contributed by atoms with Gasteiger partial charge in [0.25, 0.3) is 11.6 Å². The Morgan fingerprint density at radius 2 is 1.88 bits per heavy atom. The molecule has 4 aromatic rings. The molecular weight excluding hydrogens is 416 g/mol. The number of nitrogens with one attached hydrogen (secondary N) is 1. The van der Waals surface area contributed by atoms with E-state index in [2.05, 4.69) is 32.5 Å². The lowest BCUT2D eigenvalue weighted by Gasteiger charge is -2.21. The number of carbonyl (C=O) groups is 1. The third kappa shape index (κ3) is 4.14. The highest BCUT2D eigenvalue weighted by molar-refractivity contribution is 6.07. The Labute approximate surface area is 192 Å². The van der Waals surface area contributed by atoms with Crippen LogP contribution < -0.4 is 15.0 Å². The molecule has 7 heteroatoms. The lowest BCUT2D eigenvalue weighted by molar-refractivity contribution is 0.0952. The molecule has 7 nitrogen and oxygen atoms in total. The van der Waals surface area contributed by atoms with Crippen molar-refractivity contribution in [3.8, 4) is 17.0 Å². The Morgan fingerprint density at radius 1 is 1.12 bits per heavy atom. The first-order valence-corrected chi connectivity index (χ1v) is 11.2. The molecule has 2 aromatic heterocycles. The molecule has 168 valence electrons. The fourth-order valence-corrected chi connectivity index (χ4v) is 4.38. The third-order valence-corrected chi connectivity index (χ3v) is 6.13. The highest BCUT2D eigenvalue weighted by Gasteiger charge is 2.20. The van der Waals surface area contributed by atoms with E-state index in [1.165, 1.54) is 18.5 Å². The smallest absolute Gasteiger partial charge is 0.259 e. The summed E-state index contributed by atoms with van der Waals surface area (Å²) in [5.41, 5.74) is 5.29. The van der Waals surface area contributed by atoms with E-state index in [-0.39, 0.29) is 5.91 Å². The molecule has 0 aliphatic carbocycles. The minimum Gasteiger partial charge on any atom is -0.497 e. The van der Waals surface area contributed by atoms with Crippen LogP contribution in [0.3, 0.4) is 0 Å². The number of para-hydroxylation sites is 1. The summed E-state index contributed by atoms with van der Waals surface area (Å²) in [6.07, 6.45) is 2.41. The molecule has 1 saturated heterocycles. The molecule has 0 atom stereocenters. The number of hydrogen-bond donors (Lipinski definition) is 1. The van der Waals surface area contributed by atoms with E-state index >= 15 is 0 Å². The van der Waals surface area contributed by atoms with Crippen LogP contribution in [0.2, 0.25) is 0 Å². The largest absolute Gasteiger partial charge is 0.497 e. The van der Waals surface area contributed by atoms with Crippen molar-refractivity contribution in [3.63, 3.8) is 0 Å². The van der Waals surface area contributed by atoms with E-state index in [1.54, 1.807) is 13.2 Å². The number of aryl methyl sites for hydroxylation is 1. The Morgan fingerprint density at radius 3 is 2.64 bits per heavy atom. The zero-order chi connectivity index (χ0) is 22.8. The first-order valence-electron chi connectivity index (χ1n) is 11.2. The average molecular weight is 443 g/mol. The van der Waals surface area contributed by atoms with Crippen molar-refractivity contribution in [2.75, 3.05) is 25.1 Å². The highest BCUT2D eigenvalue weighted by Crippen LogP contribution is 2.29. The summed E-state index contributed by atoms with van der Waals surface area (Å²) in [6.45, 7) is 4.37. The van der Waals surface area contributed by atoms with Gasteiger partial charge in [0, 0.05) is 30.9 Å². The summed E-state index contributed by atoms with van der Waals surface area (Å²) >= 11 is 0. The molecule has 0 bridgehead atoms. The lowest BCUT2D eigenvalue weighted by atomic mass is 10.0. The van der Waals surface area contributed by atoms with Gasteiger partial charge in [0.05, 0.1) is 29.4 Å². The second-order valence-electron chi connectivity index (χ2n) is 8.24. The molecule has 1 aliphatic rings. The number of rotatable bonds is 6. The predicted octanol–water partition coefficient (Wildman–Crippen LogP) is 4.74. The van der Waals surface area contributed by atoms with Crippen molar-refractivity contribution in [3.05, 3.63) is 71.4 Å². The molecule has 0 spiro atoms. The number of nitrogens with zero attached hydrogens (tertiary/aromatic N) is 3. The van der Waals surface area contributed by atoms with E-state index in [1.807, 2.05) is 43.3 Å². The van der Waals surface area contributed by atoms with Crippen LogP contribution in [0.1, 0.15) is 34.5 Å². The number of carbonyl (C=O) groups excluding carboxylic acids is 1. The van der Waals surface area contributed by atoms with Crippen molar-refractivity contribution < 1.29 is 14.1 Å². The van der Waals surface area contributed by atoms with Crippen LogP contribution in [0.5, 0.6) is 5.75 Å². The number of aromatic nitrogens is 2. The van der Waals surface area contributed by atoms with Gasteiger partial charge >= 0.3 is 0 Å². The highest BCUT2D eigenvalue weighted by atomic mass is 16.5. The van der Waals surface area contributed by atoms with Crippen molar-refractivity contribution in [1.82, 2.24) is 15.5 Å². The summed E-state index contributed by atoms with van der Waals surface area (Å²) in [5, 5.41) is 7.78. The normalized spacial score (nSPS) is 13.5. The summed E-state index contributed by atoms with van der Waals surface area (Å²) in [7, 11) is 1.63. The van der Waals surface area contributed by atoms with Gasteiger partial charge in [-0.2, -0.15) is 0 Å². The topological polar surface area (TPSA) is 80.5 Å². The van der Waals surface area contributed by atoms with Crippen molar-refractivity contribution >= 4 is 22.7 Å². The number of amides is 1. The number of fused-ring (bicyclic) bond motifs is 1. The summed E-state index contributed by atoms with van der Waals surface area (Å²) in [6, 6.07) is 17.6. The van der Waals surface area contributed by atoms with Crippen LogP contribution in [0.25, 0.3) is 22.4 Å². The first kappa shape index (κ1) is 21.0.